The van der Waals surface area contributed by atoms with Crippen LogP contribution < -0.4 is 30.1 Å². The second-order valence-electron chi connectivity index (χ2n) is 29.9. The molecule has 0 aliphatic carbocycles. The maximum atomic E-state index is 13.1. The summed E-state index contributed by atoms with van der Waals surface area (Å²) in [6.45, 7) is 30.5. The van der Waals surface area contributed by atoms with Crippen LogP contribution in [-0.2, 0) is 47.9 Å². The number of amides is 10. The van der Waals surface area contributed by atoms with Crippen LogP contribution in [0.4, 0.5) is 34.1 Å². The van der Waals surface area contributed by atoms with Gasteiger partial charge in [0.05, 0.1) is 149 Å². The Kier molecular flexibility index (Phi) is 25.6. The minimum Gasteiger partial charge on any atom is -0.272 e. The van der Waals surface area contributed by atoms with Gasteiger partial charge in [-0.25, -0.2) is 20.0 Å². The first kappa shape index (κ1) is 85.8. The maximum absolute atomic E-state index is 13.1. The number of benzene rings is 6. The molecule has 10 aliphatic rings. The summed E-state index contributed by atoms with van der Waals surface area (Å²) in [6, 6.07) is 48.9. The standard InChI is InChI=1S/2C23H22N4O2.C21H18N4O2.C13H18N4O2.C11H14N4O2/c1-14-7-5-9-18(11-14)26-22(28)20(16(3)24-26)13-21-17(4)25-27(23(21)29)19-10-6-8-15(2)12-19;1-14-9-5-7-11-20(14)26-22(28)18(16(3)24-26)13-19-17(4)25-27(23(19)29)21-12-8-6-10-15(21)2;1-14-18(20(26)24(22-14)16-9-5-3-6-10-16)13-19-15(2)23-25(21(19)27)17-11-7-4-8-12-17;1-5-16-12(18)10(8(3)14-16)7-11-9(4)15-17(6-2)13(11)19;1-6-8(10(16)14(3)12-6)5-9-7(2)13-15(4)11(9)17/h5-13,20H,1-4H3;5-13,18H,1-4H3;3-13,18H,1-2H3;7,10H,5-6H2,1-4H3;5,8H,1-4H3/b21-13-;2*19-13-;11-7-;9-5-. The van der Waals surface area contributed by atoms with E-state index in [1.54, 1.807) is 107 Å². The Bertz CT molecular complexity index is 5820. The van der Waals surface area contributed by atoms with E-state index in [-0.39, 0.29) is 59.1 Å². The highest BCUT2D eigenvalue weighted by molar-refractivity contribution is 6.34. The lowest BCUT2D eigenvalue weighted by Gasteiger charge is -2.16. The molecule has 10 heterocycles. The van der Waals surface area contributed by atoms with Gasteiger partial charge in [-0.05, 0) is 194 Å². The summed E-state index contributed by atoms with van der Waals surface area (Å²) in [5.41, 5.74) is 17.1. The number of anilines is 6. The fourth-order valence-corrected chi connectivity index (χ4v) is 14.4. The molecule has 5 atom stereocenters. The van der Waals surface area contributed by atoms with Crippen LogP contribution in [-0.4, -0.2) is 163 Å². The van der Waals surface area contributed by atoms with Gasteiger partial charge in [0.2, 0.25) is 0 Å². The summed E-state index contributed by atoms with van der Waals surface area (Å²) in [5.74, 6) is -4.39. The molecule has 10 amide bonds. The molecule has 6 aromatic carbocycles. The Hall–Kier alpha value is -14.6. The van der Waals surface area contributed by atoms with Crippen LogP contribution in [0.15, 0.2) is 267 Å². The predicted octanol–water partition coefficient (Wildman–Crippen LogP) is 12.6. The number of likely N-dealkylation sites (N-methyl/N-ethyl adjacent to an activating group) is 2. The zero-order chi connectivity index (χ0) is 87.3. The van der Waals surface area contributed by atoms with E-state index in [4.69, 9.17) is 0 Å². The lowest BCUT2D eigenvalue weighted by Crippen LogP contribution is -2.28. The molecule has 0 radical (unpaired) electrons. The third-order valence-electron chi connectivity index (χ3n) is 21.1. The number of hydrogen-bond donors (Lipinski definition) is 0. The fourth-order valence-electron chi connectivity index (χ4n) is 14.4. The summed E-state index contributed by atoms with van der Waals surface area (Å²) in [4.78, 5) is 126. The van der Waals surface area contributed by atoms with Crippen LogP contribution >= 0.6 is 0 Å². The van der Waals surface area contributed by atoms with Crippen LogP contribution in [0.5, 0.6) is 0 Å². The highest BCUT2D eigenvalue weighted by Gasteiger charge is 2.42. The predicted molar refractivity (Wildman–Crippen MR) is 472 cm³/mol. The quantitative estimate of drug-likeness (QED) is 0.0984. The normalized spacial score (nSPS) is 22.4. The number of para-hydroxylation sites is 4. The van der Waals surface area contributed by atoms with Crippen molar-refractivity contribution in [2.45, 2.75) is 111 Å². The summed E-state index contributed by atoms with van der Waals surface area (Å²) in [7, 11) is 3.20. The minimum atomic E-state index is -0.587. The van der Waals surface area contributed by atoms with E-state index in [0.717, 1.165) is 45.0 Å². The second kappa shape index (κ2) is 36.1. The van der Waals surface area contributed by atoms with E-state index >= 15 is 0 Å². The van der Waals surface area contributed by atoms with Crippen LogP contribution in [0, 0.1) is 57.3 Å². The van der Waals surface area contributed by atoms with Gasteiger partial charge in [-0.2, -0.15) is 81.1 Å². The average molecular weight is 1630 g/mol. The molecule has 0 fully saturated rings. The van der Waals surface area contributed by atoms with Crippen molar-refractivity contribution < 1.29 is 47.9 Å². The summed E-state index contributed by atoms with van der Waals surface area (Å²) in [6.07, 6.45) is 8.39. The van der Waals surface area contributed by atoms with E-state index < -0.39 is 29.6 Å². The van der Waals surface area contributed by atoms with Crippen molar-refractivity contribution in [3.05, 3.63) is 238 Å². The van der Waals surface area contributed by atoms with Crippen molar-refractivity contribution in [2.24, 2.45) is 80.6 Å². The van der Waals surface area contributed by atoms with E-state index in [2.05, 4.69) is 51.0 Å². The summed E-state index contributed by atoms with van der Waals surface area (Å²) >= 11 is 0. The summed E-state index contributed by atoms with van der Waals surface area (Å²) in [5, 5.41) is 56.7. The lowest BCUT2D eigenvalue weighted by atomic mass is 9.98. The highest BCUT2D eigenvalue weighted by atomic mass is 16.2. The number of aryl methyl sites for hydroxylation is 4. The van der Waals surface area contributed by atoms with E-state index in [9.17, 15) is 47.9 Å². The van der Waals surface area contributed by atoms with Gasteiger partial charge in [0, 0.05) is 27.2 Å². The van der Waals surface area contributed by atoms with Crippen LogP contribution in [0.25, 0.3) is 0 Å². The molecule has 0 saturated carbocycles. The topological polar surface area (TPSA) is 327 Å². The molecule has 16 rings (SSSR count). The second-order valence-corrected chi connectivity index (χ2v) is 29.9. The Morgan fingerprint density at radius 1 is 0.264 bits per heavy atom. The van der Waals surface area contributed by atoms with Crippen molar-refractivity contribution >= 4 is 150 Å². The van der Waals surface area contributed by atoms with E-state index in [1.165, 1.54) is 50.1 Å². The smallest absolute Gasteiger partial charge is 0.272 e. The largest absolute Gasteiger partial charge is 0.280 e. The van der Waals surface area contributed by atoms with Crippen molar-refractivity contribution in [3.63, 3.8) is 0 Å². The van der Waals surface area contributed by atoms with Crippen molar-refractivity contribution in [2.75, 3.05) is 57.2 Å². The van der Waals surface area contributed by atoms with Crippen molar-refractivity contribution in [3.8, 4) is 0 Å². The molecule has 10 aliphatic heterocycles. The van der Waals surface area contributed by atoms with Gasteiger partial charge < -0.3 is 0 Å². The number of carbonyl (C=O) groups is 10. The molecule has 6 aromatic rings. The zero-order valence-corrected chi connectivity index (χ0v) is 70.7. The van der Waals surface area contributed by atoms with Gasteiger partial charge in [-0.1, -0.05) is 127 Å². The van der Waals surface area contributed by atoms with Gasteiger partial charge in [0.25, 0.3) is 59.1 Å². The first-order chi connectivity index (χ1) is 57.7. The number of nitrogens with zero attached hydrogens (tertiary/aromatic N) is 20. The molecule has 30 heteroatoms. The maximum Gasteiger partial charge on any atom is 0.280 e. The zero-order valence-electron chi connectivity index (χ0n) is 70.7. The molecule has 0 bridgehead atoms. The van der Waals surface area contributed by atoms with Crippen molar-refractivity contribution in [1.29, 1.82) is 0 Å². The average Bonchev–Trinajstić information content (AvgIpc) is 1.66. The molecule has 5 unspecified atom stereocenters. The first-order valence-corrected chi connectivity index (χ1v) is 39.4. The minimum absolute atomic E-state index is 0.0805. The molecular formula is C91H94N20O10. The Morgan fingerprint density at radius 3 is 1.00 bits per heavy atom. The van der Waals surface area contributed by atoms with Gasteiger partial charge in [0.1, 0.15) is 0 Å². The molecule has 618 valence electrons. The third kappa shape index (κ3) is 17.8. The number of hydrazone groups is 10. The third-order valence-corrected chi connectivity index (χ3v) is 21.1. The van der Waals surface area contributed by atoms with Crippen molar-refractivity contribution in [1.82, 2.24) is 20.0 Å². The fraction of sp³-hybridized carbons (Fsp3) is 0.275. The molecule has 0 spiro atoms. The van der Waals surface area contributed by atoms with E-state index in [1.807, 2.05) is 206 Å². The Morgan fingerprint density at radius 2 is 0.587 bits per heavy atom. The van der Waals surface area contributed by atoms with Gasteiger partial charge >= 0.3 is 0 Å². The highest BCUT2D eigenvalue weighted by Crippen LogP contribution is 2.36. The van der Waals surface area contributed by atoms with Gasteiger partial charge in [-0.3, -0.25) is 47.9 Å². The molecule has 0 aromatic heterocycles. The van der Waals surface area contributed by atoms with Crippen LogP contribution in [0.3, 0.4) is 0 Å². The molecule has 121 heavy (non-hydrogen) atoms. The first-order valence-electron chi connectivity index (χ1n) is 39.4. The molecule has 0 N–H and O–H groups in total. The Labute approximate surface area is 701 Å². The van der Waals surface area contributed by atoms with Crippen LogP contribution in [0.1, 0.15) is 105 Å². The van der Waals surface area contributed by atoms with Gasteiger partial charge in [0.15, 0.2) is 0 Å². The monoisotopic (exact) mass is 1630 g/mol. The number of hydrogen-bond acceptors (Lipinski definition) is 20. The lowest BCUT2D eigenvalue weighted by molar-refractivity contribution is -0.131. The van der Waals surface area contributed by atoms with Crippen LogP contribution in [0.2, 0.25) is 0 Å². The molecular weight excluding hydrogens is 1530 g/mol. The number of rotatable bonds is 13. The van der Waals surface area contributed by atoms with Gasteiger partial charge in [-0.15, -0.1) is 0 Å². The van der Waals surface area contributed by atoms with E-state index in [0.29, 0.717) is 109 Å². The summed E-state index contributed by atoms with van der Waals surface area (Å²) < 4.78 is 0. The molecule has 0 saturated heterocycles. The Balaban J connectivity index is 0.000000141. The number of carbonyl (C=O) groups excluding carboxylic acids is 10. The molecule has 30 nitrogen and oxygen atoms in total. The SMILES string of the molecule is CC1=NN(C)C(=O)/C1=C\C1C(=O)N(C)N=C1C.CC1=NN(c2cccc(C)c2)C(=O)/C1=C\C1C(=O)N(c2cccc(C)c2)N=C1C.CC1=NN(c2ccccc2)C(=O)/C1=C\C1C(=O)N(c2ccccc2)N=C1C.CC1=NN(c2ccccc2C)C(=O)/C1=C\C1C(=O)N(c2ccccc2C)N=C1C.CCN1N=C(C)/C(=C/C2C(=O)N(CC)N=C2C)C1=O.